The molecule has 2 aliphatic heterocycles. The van der Waals surface area contributed by atoms with E-state index < -0.39 is 0 Å². The van der Waals surface area contributed by atoms with Gasteiger partial charge in [-0.2, -0.15) is 0 Å². The Kier molecular flexibility index (Phi) is 3.18. The lowest BCUT2D eigenvalue weighted by atomic mass is 9.99. The SMILES string of the molecule is O=C(NCc1ccccn1)c1c2c(cc3c1OCC3)OCC2. The Morgan fingerprint density at radius 3 is 3.00 bits per heavy atom. The lowest BCUT2D eigenvalue weighted by molar-refractivity contribution is 0.0946. The van der Waals surface area contributed by atoms with E-state index in [1.54, 1.807) is 6.20 Å². The summed E-state index contributed by atoms with van der Waals surface area (Å²) in [5, 5.41) is 2.94. The van der Waals surface area contributed by atoms with Crippen LogP contribution in [-0.4, -0.2) is 24.1 Å². The normalized spacial score (nSPS) is 14.7. The zero-order chi connectivity index (χ0) is 14.9. The van der Waals surface area contributed by atoms with Crippen molar-refractivity contribution in [2.45, 2.75) is 19.4 Å². The van der Waals surface area contributed by atoms with Gasteiger partial charge in [-0.15, -0.1) is 0 Å². The summed E-state index contributed by atoms with van der Waals surface area (Å²) < 4.78 is 11.3. The van der Waals surface area contributed by atoms with E-state index in [4.69, 9.17) is 9.47 Å². The van der Waals surface area contributed by atoms with Crippen molar-refractivity contribution >= 4 is 5.91 Å². The summed E-state index contributed by atoms with van der Waals surface area (Å²) >= 11 is 0. The van der Waals surface area contributed by atoms with Gasteiger partial charge in [-0.25, -0.2) is 0 Å². The molecule has 5 heteroatoms. The number of rotatable bonds is 3. The molecule has 5 nitrogen and oxygen atoms in total. The first kappa shape index (κ1) is 13.1. The van der Waals surface area contributed by atoms with Gasteiger partial charge in [0.15, 0.2) is 0 Å². The van der Waals surface area contributed by atoms with E-state index >= 15 is 0 Å². The summed E-state index contributed by atoms with van der Waals surface area (Å²) in [4.78, 5) is 16.9. The van der Waals surface area contributed by atoms with E-state index in [9.17, 15) is 4.79 Å². The molecule has 1 aromatic carbocycles. The Morgan fingerprint density at radius 2 is 2.14 bits per heavy atom. The van der Waals surface area contributed by atoms with Crippen LogP contribution in [0.1, 0.15) is 27.2 Å². The molecule has 2 aliphatic rings. The lowest BCUT2D eigenvalue weighted by Gasteiger charge is -2.12. The minimum Gasteiger partial charge on any atom is -0.493 e. The van der Waals surface area contributed by atoms with E-state index in [-0.39, 0.29) is 5.91 Å². The molecule has 0 radical (unpaired) electrons. The first-order valence-electron chi connectivity index (χ1n) is 7.45. The van der Waals surface area contributed by atoms with Crippen LogP contribution in [0.25, 0.3) is 0 Å². The molecule has 1 amide bonds. The Balaban J connectivity index is 1.63. The van der Waals surface area contributed by atoms with Gasteiger partial charge in [-0.3, -0.25) is 9.78 Å². The van der Waals surface area contributed by atoms with Crippen molar-refractivity contribution in [3.8, 4) is 11.5 Å². The highest BCUT2D eigenvalue weighted by molar-refractivity contribution is 6.00. The second-order valence-corrected chi connectivity index (χ2v) is 5.42. The van der Waals surface area contributed by atoms with Crippen molar-refractivity contribution in [1.82, 2.24) is 10.3 Å². The van der Waals surface area contributed by atoms with Crippen LogP contribution in [-0.2, 0) is 19.4 Å². The maximum atomic E-state index is 12.7. The molecule has 0 aliphatic carbocycles. The number of aromatic nitrogens is 1. The fraction of sp³-hybridized carbons (Fsp3) is 0.294. The maximum Gasteiger partial charge on any atom is 0.255 e. The first-order chi connectivity index (χ1) is 10.8. The van der Waals surface area contributed by atoms with Crippen LogP contribution in [0, 0.1) is 0 Å². The predicted molar refractivity (Wildman–Crippen MR) is 80.2 cm³/mol. The van der Waals surface area contributed by atoms with Crippen LogP contribution in [0.3, 0.4) is 0 Å². The van der Waals surface area contributed by atoms with Gasteiger partial charge in [0.1, 0.15) is 11.5 Å². The number of benzene rings is 1. The van der Waals surface area contributed by atoms with E-state index in [1.165, 1.54) is 0 Å². The van der Waals surface area contributed by atoms with Gasteiger partial charge >= 0.3 is 0 Å². The second kappa shape index (κ2) is 5.33. The summed E-state index contributed by atoms with van der Waals surface area (Å²) in [6.45, 7) is 1.65. The molecule has 112 valence electrons. The molecule has 1 N–H and O–H groups in total. The highest BCUT2D eigenvalue weighted by Gasteiger charge is 2.30. The van der Waals surface area contributed by atoms with Gasteiger partial charge in [-0.1, -0.05) is 6.07 Å². The van der Waals surface area contributed by atoms with E-state index in [1.807, 2.05) is 24.3 Å². The van der Waals surface area contributed by atoms with Crippen molar-refractivity contribution in [2.24, 2.45) is 0 Å². The third-order valence-electron chi connectivity index (χ3n) is 4.03. The topological polar surface area (TPSA) is 60.5 Å². The zero-order valence-corrected chi connectivity index (χ0v) is 12.1. The van der Waals surface area contributed by atoms with Crippen LogP contribution in [0.5, 0.6) is 11.5 Å². The number of pyridine rings is 1. The Labute approximate surface area is 128 Å². The standard InChI is InChI=1S/C17H16N2O3/c20-17(19-10-12-3-1-2-6-18-12)15-13-5-8-21-14(13)9-11-4-7-22-16(11)15/h1-3,6,9H,4-5,7-8,10H2,(H,19,20). The van der Waals surface area contributed by atoms with Crippen molar-refractivity contribution in [3.05, 3.63) is 52.8 Å². The number of ether oxygens (including phenoxy) is 2. The van der Waals surface area contributed by atoms with Gasteiger partial charge in [0, 0.05) is 30.2 Å². The highest BCUT2D eigenvalue weighted by atomic mass is 16.5. The molecule has 0 saturated heterocycles. The van der Waals surface area contributed by atoms with Crippen LogP contribution in [0.2, 0.25) is 0 Å². The molecule has 2 aromatic rings. The summed E-state index contributed by atoms with van der Waals surface area (Å²) in [7, 11) is 0. The van der Waals surface area contributed by atoms with Gasteiger partial charge in [0.2, 0.25) is 0 Å². The molecule has 4 rings (SSSR count). The smallest absolute Gasteiger partial charge is 0.255 e. The summed E-state index contributed by atoms with van der Waals surface area (Å²) in [6, 6.07) is 7.66. The zero-order valence-electron chi connectivity index (χ0n) is 12.1. The highest BCUT2D eigenvalue weighted by Crippen LogP contribution is 2.40. The largest absolute Gasteiger partial charge is 0.493 e. The number of fused-ring (bicyclic) bond motifs is 2. The molecule has 3 heterocycles. The molecular formula is C17H16N2O3. The molecule has 0 atom stereocenters. The molecule has 0 spiro atoms. The quantitative estimate of drug-likeness (QED) is 0.939. The number of amides is 1. The van der Waals surface area contributed by atoms with E-state index in [0.29, 0.717) is 25.3 Å². The summed E-state index contributed by atoms with van der Waals surface area (Å²) in [6.07, 6.45) is 3.29. The minimum absolute atomic E-state index is 0.119. The number of carbonyl (C=O) groups excluding carboxylic acids is 1. The fourth-order valence-corrected chi connectivity index (χ4v) is 2.99. The van der Waals surface area contributed by atoms with Crippen LogP contribution < -0.4 is 14.8 Å². The average molecular weight is 296 g/mol. The van der Waals surface area contributed by atoms with Crippen molar-refractivity contribution in [3.63, 3.8) is 0 Å². The number of carbonyl (C=O) groups is 1. The second-order valence-electron chi connectivity index (χ2n) is 5.42. The van der Waals surface area contributed by atoms with Gasteiger partial charge < -0.3 is 14.8 Å². The van der Waals surface area contributed by atoms with Gasteiger partial charge in [0.05, 0.1) is 31.0 Å². The molecule has 22 heavy (non-hydrogen) atoms. The molecule has 0 fully saturated rings. The molecule has 0 saturated carbocycles. The third-order valence-corrected chi connectivity index (χ3v) is 4.03. The number of hydrogen-bond donors (Lipinski definition) is 1. The van der Waals surface area contributed by atoms with Crippen LogP contribution in [0.4, 0.5) is 0 Å². The van der Waals surface area contributed by atoms with E-state index in [2.05, 4.69) is 10.3 Å². The summed E-state index contributed by atoms with van der Waals surface area (Å²) in [5.74, 6) is 1.43. The molecule has 0 bridgehead atoms. The molecule has 0 unspecified atom stereocenters. The Morgan fingerprint density at radius 1 is 1.23 bits per heavy atom. The van der Waals surface area contributed by atoms with Crippen LogP contribution in [0.15, 0.2) is 30.5 Å². The average Bonchev–Trinajstić information content (AvgIpc) is 3.19. The fourth-order valence-electron chi connectivity index (χ4n) is 2.99. The van der Waals surface area contributed by atoms with Crippen molar-refractivity contribution in [1.29, 1.82) is 0 Å². The van der Waals surface area contributed by atoms with Gasteiger partial charge in [0.25, 0.3) is 5.91 Å². The Bertz CT molecular complexity index is 696. The molecule has 1 aromatic heterocycles. The summed E-state index contributed by atoms with van der Waals surface area (Å²) in [5.41, 5.74) is 3.48. The monoisotopic (exact) mass is 296 g/mol. The predicted octanol–water partition coefficient (Wildman–Crippen LogP) is 1.88. The van der Waals surface area contributed by atoms with Crippen LogP contribution >= 0.6 is 0 Å². The number of nitrogens with zero attached hydrogens (tertiary/aromatic N) is 1. The van der Waals surface area contributed by atoms with E-state index in [0.717, 1.165) is 41.2 Å². The number of hydrogen-bond acceptors (Lipinski definition) is 4. The van der Waals surface area contributed by atoms with Crippen molar-refractivity contribution < 1.29 is 14.3 Å². The lowest BCUT2D eigenvalue weighted by Crippen LogP contribution is -2.25. The Hall–Kier alpha value is -2.56. The third kappa shape index (κ3) is 2.19. The molecular weight excluding hydrogens is 280 g/mol. The first-order valence-corrected chi connectivity index (χ1v) is 7.45. The minimum atomic E-state index is -0.119. The van der Waals surface area contributed by atoms with Gasteiger partial charge in [-0.05, 0) is 18.2 Å². The maximum absolute atomic E-state index is 12.7. The van der Waals surface area contributed by atoms with Crippen molar-refractivity contribution in [2.75, 3.05) is 13.2 Å². The number of nitrogens with one attached hydrogen (secondary N) is 1.